The van der Waals surface area contributed by atoms with Crippen molar-refractivity contribution in [2.75, 3.05) is 40.4 Å². The van der Waals surface area contributed by atoms with Crippen molar-refractivity contribution in [2.24, 2.45) is 0 Å². The van der Waals surface area contributed by atoms with Crippen molar-refractivity contribution in [1.29, 1.82) is 0 Å². The highest BCUT2D eigenvalue weighted by Crippen LogP contribution is 2.38. The van der Waals surface area contributed by atoms with Crippen LogP contribution in [-0.2, 0) is 0 Å². The second-order valence-corrected chi connectivity index (χ2v) is 7.64. The van der Waals surface area contributed by atoms with E-state index in [1.165, 1.54) is 5.56 Å². The Bertz CT molecular complexity index is 969. The zero-order valence-corrected chi connectivity index (χ0v) is 18.2. The monoisotopic (exact) mass is 418 g/mol. The van der Waals surface area contributed by atoms with E-state index in [9.17, 15) is 0 Å². The Morgan fingerprint density at radius 3 is 2.42 bits per heavy atom. The first-order valence-corrected chi connectivity index (χ1v) is 10.8. The highest BCUT2D eigenvalue weighted by Gasteiger charge is 2.27. The van der Waals surface area contributed by atoms with E-state index >= 15 is 0 Å². The molecule has 0 bridgehead atoms. The van der Waals surface area contributed by atoms with Crippen LogP contribution in [0.25, 0.3) is 0 Å². The zero-order valence-electron chi connectivity index (χ0n) is 18.2. The molecular weight excluding hydrogens is 388 g/mol. The van der Waals surface area contributed by atoms with Gasteiger partial charge >= 0.3 is 0 Å². The Morgan fingerprint density at radius 1 is 0.774 bits per heavy atom. The van der Waals surface area contributed by atoms with Crippen LogP contribution in [-0.4, -0.2) is 45.3 Å². The molecule has 1 N–H and O–H groups in total. The molecule has 3 aromatic carbocycles. The second-order valence-electron chi connectivity index (χ2n) is 7.64. The summed E-state index contributed by atoms with van der Waals surface area (Å²) in [5.74, 6) is 3.33. The van der Waals surface area contributed by atoms with E-state index in [0.29, 0.717) is 0 Å². The number of rotatable bonds is 7. The predicted octanol–water partition coefficient (Wildman–Crippen LogP) is 4.88. The number of methoxy groups -OCH3 is 2. The number of benzene rings is 3. The maximum atomic E-state index is 6.13. The Morgan fingerprint density at radius 2 is 1.61 bits per heavy atom. The Balaban J connectivity index is 1.75. The average molecular weight is 419 g/mol. The first kappa shape index (κ1) is 21.2. The van der Waals surface area contributed by atoms with E-state index in [1.54, 1.807) is 14.2 Å². The van der Waals surface area contributed by atoms with Crippen molar-refractivity contribution < 1.29 is 14.2 Å². The molecule has 0 aromatic heterocycles. The van der Waals surface area contributed by atoms with Gasteiger partial charge in [0.1, 0.15) is 23.0 Å². The highest BCUT2D eigenvalue weighted by molar-refractivity contribution is 5.47. The number of nitrogens with zero attached hydrogens (tertiary/aromatic N) is 1. The van der Waals surface area contributed by atoms with Crippen LogP contribution in [0, 0.1) is 0 Å². The molecule has 1 fully saturated rings. The maximum absolute atomic E-state index is 6.13. The number of para-hydroxylation sites is 1. The van der Waals surface area contributed by atoms with Crippen molar-refractivity contribution in [3.05, 3.63) is 83.9 Å². The zero-order chi connectivity index (χ0) is 21.5. The molecule has 1 saturated heterocycles. The van der Waals surface area contributed by atoms with Crippen LogP contribution in [0.2, 0.25) is 0 Å². The normalized spacial score (nSPS) is 15.7. The average Bonchev–Trinajstić information content (AvgIpc) is 3.09. The minimum atomic E-state index is 0.0317. The van der Waals surface area contributed by atoms with Crippen molar-refractivity contribution in [3.8, 4) is 23.0 Å². The lowest BCUT2D eigenvalue weighted by molar-refractivity contribution is 0.235. The van der Waals surface area contributed by atoms with Gasteiger partial charge in [-0.3, -0.25) is 4.90 Å². The standard InChI is InChI=1S/C26H30N2O3/c1-29-22-12-13-25(30-2)24(19-22)26(28-16-7-14-27-15-17-28)20-8-6-11-23(18-20)31-21-9-4-3-5-10-21/h3-6,8-13,18-19,26-27H,7,14-17H2,1-2H3. The fourth-order valence-electron chi connectivity index (χ4n) is 4.14. The minimum Gasteiger partial charge on any atom is -0.497 e. The van der Waals surface area contributed by atoms with Gasteiger partial charge in [-0.15, -0.1) is 0 Å². The molecule has 0 amide bonds. The molecule has 1 aliphatic heterocycles. The lowest BCUT2D eigenvalue weighted by Crippen LogP contribution is -2.33. The lowest BCUT2D eigenvalue weighted by atomic mass is 9.95. The molecule has 0 spiro atoms. The third-order valence-electron chi connectivity index (χ3n) is 5.62. The van der Waals surface area contributed by atoms with Crippen LogP contribution in [0.15, 0.2) is 72.8 Å². The van der Waals surface area contributed by atoms with Gasteiger partial charge in [-0.25, -0.2) is 0 Å². The summed E-state index contributed by atoms with van der Waals surface area (Å²) in [6, 6.07) is 24.3. The van der Waals surface area contributed by atoms with Gasteiger partial charge < -0.3 is 19.5 Å². The van der Waals surface area contributed by atoms with Crippen LogP contribution < -0.4 is 19.5 Å². The summed E-state index contributed by atoms with van der Waals surface area (Å²) >= 11 is 0. The smallest absolute Gasteiger partial charge is 0.127 e. The molecule has 1 heterocycles. The quantitative estimate of drug-likeness (QED) is 0.592. The topological polar surface area (TPSA) is 43.0 Å². The summed E-state index contributed by atoms with van der Waals surface area (Å²) in [6.45, 7) is 3.95. The molecular formula is C26H30N2O3. The van der Waals surface area contributed by atoms with Gasteiger partial charge in [0, 0.05) is 25.2 Å². The summed E-state index contributed by atoms with van der Waals surface area (Å²) in [5, 5.41) is 3.51. The summed E-state index contributed by atoms with van der Waals surface area (Å²) in [6.07, 6.45) is 1.10. The molecule has 1 atom stereocenters. The fourth-order valence-corrected chi connectivity index (χ4v) is 4.14. The van der Waals surface area contributed by atoms with Gasteiger partial charge in [-0.2, -0.15) is 0 Å². The summed E-state index contributed by atoms with van der Waals surface area (Å²) in [5.41, 5.74) is 2.27. The van der Waals surface area contributed by atoms with Gasteiger partial charge in [-0.05, 0) is 61.0 Å². The Labute approximate surface area is 184 Å². The molecule has 31 heavy (non-hydrogen) atoms. The van der Waals surface area contributed by atoms with Gasteiger partial charge in [0.05, 0.1) is 20.3 Å². The highest BCUT2D eigenvalue weighted by atomic mass is 16.5. The van der Waals surface area contributed by atoms with E-state index in [1.807, 2.05) is 48.5 Å². The molecule has 0 saturated carbocycles. The van der Waals surface area contributed by atoms with Gasteiger partial charge in [0.2, 0.25) is 0 Å². The van der Waals surface area contributed by atoms with E-state index in [2.05, 4.69) is 34.5 Å². The number of hydrogen-bond acceptors (Lipinski definition) is 5. The lowest BCUT2D eigenvalue weighted by Gasteiger charge is -2.32. The van der Waals surface area contributed by atoms with Gasteiger partial charge in [0.25, 0.3) is 0 Å². The first-order chi connectivity index (χ1) is 15.3. The molecule has 0 aliphatic carbocycles. The molecule has 4 rings (SSSR count). The van der Waals surface area contributed by atoms with Gasteiger partial charge in [-0.1, -0.05) is 30.3 Å². The largest absolute Gasteiger partial charge is 0.497 e. The Kier molecular flexibility index (Phi) is 7.07. The molecule has 1 aliphatic rings. The summed E-state index contributed by atoms with van der Waals surface area (Å²) in [7, 11) is 3.42. The third-order valence-corrected chi connectivity index (χ3v) is 5.62. The molecule has 5 heteroatoms. The molecule has 162 valence electrons. The minimum absolute atomic E-state index is 0.0317. The SMILES string of the molecule is COc1ccc(OC)c(C(c2cccc(Oc3ccccc3)c2)N2CCCNCC2)c1. The molecule has 5 nitrogen and oxygen atoms in total. The molecule has 1 unspecified atom stereocenters. The van der Waals surface area contributed by atoms with Crippen molar-refractivity contribution in [1.82, 2.24) is 10.2 Å². The van der Waals surface area contributed by atoms with Crippen LogP contribution in [0.5, 0.6) is 23.0 Å². The number of ether oxygens (including phenoxy) is 3. The third kappa shape index (κ3) is 5.19. The van der Waals surface area contributed by atoms with E-state index in [0.717, 1.165) is 61.2 Å². The van der Waals surface area contributed by atoms with Crippen molar-refractivity contribution in [3.63, 3.8) is 0 Å². The van der Waals surface area contributed by atoms with Crippen molar-refractivity contribution in [2.45, 2.75) is 12.5 Å². The maximum Gasteiger partial charge on any atom is 0.127 e. The number of nitrogens with one attached hydrogen (secondary N) is 1. The molecule has 0 radical (unpaired) electrons. The van der Waals surface area contributed by atoms with Crippen LogP contribution in [0.4, 0.5) is 0 Å². The van der Waals surface area contributed by atoms with E-state index in [4.69, 9.17) is 14.2 Å². The van der Waals surface area contributed by atoms with E-state index < -0.39 is 0 Å². The Hall–Kier alpha value is -3.02. The van der Waals surface area contributed by atoms with Crippen LogP contribution in [0.1, 0.15) is 23.6 Å². The van der Waals surface area contributed by atoms with E-state index in [-0.39, 0.29) is 6.04 Å². The second kappa shape index (κ2) is 10.3. The molecule has 3 aromatic rings. The first-order valence-electron chi connectivity index (χ1n) is 10.8. The van der Waals surface area contributed by atoms with Crippen LogP contribution >= 0.6 is 0 Å². The van der Waals surface area contributed by atoms with Crippen molar-refractivity contribution >= 4 is 0 Å². The van der Waals surface area contributed by atoms with Crippen LogP contribution in [0.3, 0.4) is 0 Å². The van der Waals surface area contributed by atoms with Gasteiger partial charge in [0.15, 0.2) is 0 Å². The summed E-state index contributed by atoms with van der Waals surface area (Å²) < 4.78 is 17.4. The summed E-state index contributed by atoms with van der Waals surface area (Å²) in [4.78, 5) is 2.51. The predicted molar refractivity (Wildman–Crippen MR) is 123 cm³/mol. The number of hydrogen-bond donors (Lipinski definition) is 1. The fraction of sp³-hybridized carbons (Fsp3) is 0.308.